The SMILES string of the molecule is Cc1ccc(C#CC#Cc2ccc(C#CC#Cc3ccc(C)c(C)c3)cc2)cc1C.Cc1ccc(OCC#CC#CC#CCOc2ccc(C)c(C)c2)cc1C.Cc1ccc(OCC#CC#CCOc2ccc(C)c(C)c2)cc1C.Cc1ccc(OCC#CC=CC#CCOc2ccc(C)c(C)c2)cc1C.Cc1ccc(OCC#Cc2ccc(C#CCOc3ccc(C)c(C)c3)cc2)cc1C. The van der Waals surface area contributed by atoms with E-state index in [4.69, 9.17) is 37.9 Å². The number of aryl methyl sites for hydroxylation is 20. The van der Waals surface area contributed by atoms with Crippen LogP contribution in [0, 0.1) is 292 Å². The molecule has 0 saturated heterocycles. The lowest BCUT2D eigenvalue weighted by molar-refractivity contribution is 0.369. The summed E-state index contributed by atoms with van der Waals surface area (Å²) >= 11 is 0. The van der Waals surface area contributed by atoms with Crippen molar-refractivity contribution >= 4 is 0 Å². The molecule has 0 fully saturated rings. The van der Waals surface area contributed by atoms with E-state index in [1.807, 2.05) is 194 Å². The fraction of sp³-hybridized carbons (Fsp3) is 0.219. The zero-order valence-corrected chi connectivity index (χ0v) is 82.0. The largest absolute Gasteiger partial charge is 0.481 e. The Hall–Kier alpha value is -16.9. The number of hydrogen-bond donors (Lipinski definition) is 0. The van der Waals surface area contributed by atoms with Crippen LogP contribution < -0.4 is 37.9 Å². The van der Waals surface area contributed by atoms with E-state index in [2.05, 4.69) is 329 Å². The molecule has 12 aromatic carbocycles. The first-order valence-electron chi connectivity index (χ1n) is 44.7. The molecule has 0 radical (unpaired) electrons. The molecule has 0 aromatic heterocycles. The van der Waals surface area contributed by atoms with Crippen molar-refractivity contribution in [3.8, 4) is 200 Å². The van der Waals surface area contributed by atoms with Crippen LogP contribution in [-0.2, 0) is 0 Å². The fourth-order valence-corrected chi connectivity index (χ4v) is 11.7. The Kier molecular flexibility index (Phi) is 44.5. The average molecular weight is 1780 g/mol. The van der Waals surface area contributed by atoms with Gasteiger partial charge in [0, 0.05) is 33.4 Å². The number of ether oxygens (including phenoxy) is 8. The third kappa shape index (κ3) is 40.2. The monoisotopic (exact) mass is 1780 g/mol. The fourth-order valence-electron chi connectivity index (χ4n) is 11.7. The lowest BCUT2D eigenvalue weighted by Gasteiger charge is -2.05. The molecule has 0 heterocycles. The maximum Gasteiger partial charge on any atom is 0.150 e. The zero-order valence-electron chi connectivity index (χ0n) is 82.0. The summed E-state index contributed by atoms with van der Waals surface area (Å²) in [7, 11) is 0. The number of allylic oxidation sites excluding steroid dienone is 2. The Morgan fingerprint density at radius 3 is 0.515 bits per heavy atom. The summed E-state index contributed by atoms with van der Waals surface area (Å²) in [5.74, 6) is 82.5. The van der Waals surface area contributed by atoms with E-state index in [9.17, 15) is 0 Å². The third-order valence-corrected chi connectivity index (χ3v) is 21.6. The minimum absolute atomic E-state index is 0.306. The molecular formula is C128H116O8. The van der Waals surface area contributed by atoms with Gasteiger partial charge >= 0.3 is 0 Å². The molecular weight excluding hydrogens is 1670 g/mol. The van der Waals surface area contributed by atoms with Crippen LogP contribution >= 0.6 is 0 Å². The van der Waals surface area contributed by atoms with E-state index in [1.165, 1.54) is 111 Å². The highest BCUT2D eigenvalue weighted by Crippen LogP contribution is 2.24. The maximum absolute atomic E-state index is 5.69. The van der Waals surface area contributed by atoms with Gasteiger partial charge in [0.05, 0.1) is 0 Å². The summed E-state index contributed by atoms with van der Waals surface area (Å²) in [4.78, 5) is 0. The third-order valence-electron chi connectivity index (χ3n) is 21.6. The van der Waals surface area contributed by atoms with Gasteiger partial charge in [-0.1, -0.05) is 132 Å². The van der Waals surface area contributed by atoms with Crippen LogP contribution in [0.3, 0.4) is 0 Å². The molecule has 8 heteroatoms. The van der Waals surface area contributed by atoms with Crippen LogP contribution in [0.2, 0.25) is 0 Å². The molecule has 12 rings (SSSR count). The summed E-state index contributed by atoms with van der Waals surface area (Å²) in [6.45, 7) is 44.2. The summed E-state index contributed by atoms with van der Waals surface area (Å²) in [5.41, 5.74) is 30.4. The Morgan fingerprint density at radius 2 is 0.309 bits per heavy atom. The second-order valence-electron chi connectivity index (χ2n) is 32.1. The molecule has 0 saturated carbocycles. The number of benzene rings is 12. The molecule has 0 aliphatic heterocycles. The van der Waals surface area contributed by atoms with Gasteiger partial charge in [-0.2, -0.15) is 0 Å². The smallest absolute Gasteiger partial charge is 0.150 e. The second-order valence-corrected chi connectivity index (χ2v) is 32.1. The van der Waals surface area contributed by atoms with E-state index >= 15 is 0 Å². The van der Waals surface area contributed by atoms with Crippen LogP contribution in [0.4, 0.5) is 0 Å². The van der Waals surface area contributed by atoms with Gasteiger partial charge in [0.1, 0.15) is 98.9 Å². The maximum atomic E-state index is 5.69. The highest BCUT2D eigenvalue weighted by Gasteiger charge is 2.05. The predicted octanol–water partition coefficient (Wildman–Crippen LogP) is 25.2. The normalized spacial score (nSPS) is 9.35. The molecule has 12 aromatic rings. The molecule has 0 aliphatic carbocycles. The molecule has 0 aliphatic rings. The van der Waals surface area contributed by atoms with Crippen LogP contribution in [0.15, 0.2) is 243 Å². The Bertz CT molecular complexity index is 6690. The summed E-state index contributed by atoms with van der Waals surface area (Å²) in [5, 5.41) is 0. The molecule has 0 N–H and O–H groups in total. The Labute approximate surface area is 811 Å². The zero-order chi connectivity index (χ0) is 97.6. The molecule has 676 valence electrons. The Balaban J connectivity index is 0.000000209. The minimum atomic E-state index is 0.306. The molecule has 8 nitrogen and oxygen atoms in total. The molecule has 0 bridgehead atoms. The van der Waals surface area contributed by atoms with Gasteiger partial charge in [-0.3, -0.25) is 0 Å². The molecule has 0 amide bonds. The first kappa shape index (κ1) is 104. The van der Waals surface area contributed by atoms with Gasteiger partial charge in [0.2, 0.25) is 0 Å². The van der Waals surface area contributed by atoms with Crippen molar-refractivity contribution in [1.82, 2.24) is 0 Å². The standard InChI is InChI=1S/C30H22.C28H26O2.C24H24O2.C24H22O2.C22H22O2/c1-23-13-15-29(21-25(23)3)11-7-5-9-27-17-19-28(20-18-27)10-6-8-12-30-16-14-24(2)26(4)22-30;1-21-9-15-27(19-23(21)3)29-17-5-7-25-11-13-26(14-12-25)8-6-18-30-28-16-10-22(2)24(4)20-28;2*1-19-11-13-23(17-21(19)3)25-15-9-7-5-6-8-10-16-26-24-14-12-20(2)22(4)18-24;1-17-9-11-21(15-19(17)3)23-13-7-5-6-8-14-24-22-12-10-18(2)20(4)16-22/h13-22H,1-4H3;9-16,19-20H,17-18H2,1-4H3;5-6,11-14,17-18H,15-16H2,1-4H3;11-14,17-18H,15-16H2,1-4H3;9-12,15-16H,13-14H2,1-4H3. The van der Waals surface area contributed by atoms with Gasteiger partial charge in [0.25, 0.3) is 0 Å². The van der Waals surface area contributed by atoms with Gasteiger partial charge in [-0.25, -0.2) is 0 Å². The minimum Gasteiger partial charge on any atom is -0.481 e. The van der Waals surface area contributed by atoms with Gasteiger partial charge in [0.15, 0.2) is 0 Å². The van der Waals surface area contributed by atoms with Crippen molar-refractivity contribution in [3.63, 3.8) is 0 Å². The first-order valence-corrected chi connectivity index (χ1v) is 44.7. The van der Waals surface area contributed by atoms with Crippen LogP contribution in [0.5, 0.6) is 46.0 Å². The molecule has 136 heavy (non-hydrogen) atoms. The lowest BCUT2D eigenvalue weighted by Crippen LogP contribution is -1.95. The first-order chi connectivity index (χ1) is 65.7. The second kappa shape index (κ2) is 58.0. The summed E-state index contributed by atoms with van der Waals surface area (Å²) in [6.07, 6.45) is 3.43. The summed E-state index contributed by atoms with van der Waals surface area (Å²) in [6, 6.07) is 76.2. The average Bonchev–Trinajstić information content (AvgIpc) is 0.892. The molecule has 0 unspecified atom stereocenters. The van der Waals surface area contributed by atoms with Crippen molar-refractivity contribution in [3.05, 3.63) is 387 Å². The van der Waals surface area contributed by atoms with Crippen LogP contribution in [0.1, 0.15) is 145 Å². The van der Waals surface area contributed by atoms with Crippen molar-refractivity contribution in [2.75, 3.05) is 52.9 Å². The van der Waals surface area contributed by atoms with E-state index in [1.54, 1.807) is 12.2 Å². The van der Waals surface area contributed by atoms with Crippen molar-refractivity contribution in [2.24, 2.45) is 0 Å². The summed E-state index contributed by atoms with van der Waals surface area (Å²) < 4.78 is 44.8. The lowest BCUT2D eigenvalue weighted by atomic mass is 10.1. The van der Waals surface area contributed by atoms with E-state index < -0.39 is 0 Å². The number of hydrogen-bond acceptors (Lipinski definition) is 8. The van der Waals surface area contributed by atoms with Crippen molar-refractivity contribution in [2.45, 2.75) is 138 Å². The van der Waals surface area contributed by atoms with Gasteiger partial charge in [-0.05, 0) is 515 Å². The molecule has 0 spiro atoms. The van der Waals surface area contributed by atoms with Crippen LogP contribution in [-0.4, -0.2) is 52.9 Å². The van der Waals surface area contributed by atoms with Gasteiger partial charge in [-0.15, -0.1) is 0 Å². The highest BCUT2D eigenvalue weighted by molar-refractivity contribution is 5.52. The topological polar surface area (TPSA) is 73.8 Å². The number of rotatable bonds is 16. The Morgan fingerprint density at radius 1 is 0.147 bits per heavy atom. The van der Waals surface area contributed by atoms with Crippen LogP contribution in [0.25, 0.3) is 0 Å². The quantitative estimate of drug-likeness (QED) is 0.0886. The van der Waals surface area contributed by atoms with Gasteiger partial charge < -0.3 is 37.9 Å². The molecule has 0 atom stereocenters. The van der Waals surface area contributed by atoms with E-state index in [0.29, 0.717) is 52.9 Å². The van der Waals surface area contributed by atoms with Crippen molar-refractivity contribution in [1.29, 1.82) is 0 Å². The van der Waals surface area contributed by atoms with Crippen molar-refractivity contribution < 1.29 is 37.9 Å². The highest BCUT2D eigenvalue weighted by atomic mass is 16.5. The predicted molar refractivity (Wildman–Crippen MR) is 561 cm³/mol. The van der Waals surface area contributed by atoms with E-state index in [0.717, 1.165) is 79.4 Å². The van der Waals surface area contributed by atoms with E-state index in [-0.39, 0.29) is 0 Å².